The Balaban J connectivity index is 1.36. The second kappa shape index (κ2) is 8.97. The van der Waals surface area contributed by atoms with Crippen LogP contribution < -0.4 is 9.62 Å². The Hall–Kier alpha value is -1.44. The van der Waals surface area contributed by atoms with E-state index in [4.69, 9.17) is 0 Å². The Morgan fingerprint density at radius 3 is 2.67 bits per heavy atom. The summed E-state index contributed by atoms with van der Waals surface area (Å²) in [7, 11) is -3.53. The molecule has 3 aliphatic rings. The molecule has 2 heterocycles. The lowest BCUT2D eigenvalue weighted by Crippen LogP contribution is -2.42. The van der Waals surface area contributed by atoms with E-state index in [9.17, 15) is 13.2 Å². The van der Waals surface area contributed by atoms with Crippen LogP contribution in [0, 0.1) is 11.8 Å². The van der Waals surface area contributed by atoms with Crippen LogP contribution in [0.3, 0.4) is 0 Å². The van der Waals surface area contributed by atoms with Gasteiger partial charge in [0.2, 0.25) is 15.9 Å². The molecule has 2 fully saturated rings. The fourth-order valence-electron chi connectivity index (χ4n) is 5.04. The number of hydrogen-bond donors (Lipinski definition) is 1. The summed E-state index contributed by atoms with van der Waals surface area (Å²) in [6, 6.07) is 5.31. The Labute approximate surface area is 181 Å². The van der Waals surface area contributed by atoms with Crippen molar-refractivity contribution in [2.45, 2.75) is 69.7 Å². The number of amides is 1. The molecule has 1 aromatic rings. The zero-order valence-corrected chi connectivity index (χ0v) is 19.1. The minimum Gasteiger partial charge on any atom is -0.309 e. The lowest BCUT2D eigenvalue weighted by atomic mass is 9.84. The zero-order valence-electron chi connectivity index (χ0n) is 18.3. The average Bonchev–Trinajstić information content (AvgIpc) is 2.99. The molecule has 1 amide bonds. The first-order valence-electron chi connectivity index (χ1n) is 11.5. The van der Waals surface area contributed by atoms with E-state index in [1.165, 1.54) is 12.8 Å². The zero-order chi connectivity index (χ0) is 21.3. The van der Waals surface area contributed by atoms with Crippen LogP contribution in [0.5, 0.6) is 0 Å². The van der Waals surface area contributed by atoms with Crippen LogP contribution in [0.15, 0.2) is 23.1 Å². The number of likely N-dealkylation sites (tertiary alicyclic amines) is 1. The summed E-state index contributed by atoms with van der Waals surface area (Å²) in [4.78, 5) is 17.4. The molecule has 0 aromatic heterocycles. The van der Waals surface area contributed by atoms with E-state index in [-0.39, 0.29) is 17.9 Å². The summed E-state index contributed by atoms with van der Waals surface area (Å²) in [5.41, 5.74) is 1.85. The first-order chi connectivity index (χ1) is 14.3. The monoisotopic (exact) mass is 433 g/mol. The van der Waals surface area contributed by atoms with Crippen molar-refractivity contribution in [2.75, 3.05) is 31.1 Å². The molecule has 166 valence electrons. The summed E-state index contributed by atoms with van der Waals surface area (Å²) in [6.07, 6.45) is 7.14. The van der Waals surface area contributed by atoms with E-state index in [0.717, 1.165) is 62.5 Å². The number of carbonyl (C=O) groups is 1. The van der Waals surface area contributed by atoms with E-state index >= 15 is 0 Å². The van der Waals surface area contributed by atoms with E-state index in [1.807, 2.05) is 17.9 Å². The van der Waals surface area contributed by atoms with Gasteiger partial charge in [-0.1, -0.05) is 13.3 Å². The molecule has 30 heavy (non-hydrogen) atoms. The molecule has 7 heteroatoms. The van der Waals surface area contributed by atoms with E-state index in [1.54, 1.807) is 12.1 Å². The second-order valence-corrected chi connectivity index (χ2v) is 11.2. The van der Waals surface area contributed by atoms with Crippen LogP contribution >= 0.6 is 0 Å². The number of nitrogens with one attached hydrogen (secondary N) is 1. The lowest BCUT2D eigenvalue weighted by molar-refractivity contribution is -0.125. The third-order valence-electron chi connectivity index (χ3n) is 6.95. The number of piperidine rings is 1. The van der Waals surface area contributed by atoms with Gasteiger partial charge in [0, 0.05) is 30.7 Å². The van der Waals surface area contributed by atoms with E-state index in [0.29, 0.717) is 17.9 Å². The smallest absolute Gasteiger partial charge is 0.240 e. The summed E-state index contributed by atoms with van der Waals surface area (Å²) >= 11 is 0. The van der Waals surface area contributed by atoms with Gasteiger partial charge < -0.3 is 9.80 Å². The van der Waals surface area contributed by atoms with Gasteiger partial charge in [0.05, 0.1) is 4.90 Å². The topological polar surface area (TPSA) is 69.7 Å². The van der Waals surface area contributed by atoms with Gasteiger partial charge in [-0.2, -0.15) is 0 Å². The van der Waals surface area contributed by atoms with Crippen molar-refractivity contribution in [1.29, 1.82) is 0 Å². The van der Waals surface area contributed by atoms with Crippen molar-refractivity contribution < 1.29 is 13.2 Å². The molecule has 1 saturated carbocycles. The van der Waals surface area contributed by atoms with Gasteiger partial charge in [0.15, 0.2) is 0 Å². The van der Waals surface area contributed by atoms with Crippen LogP contribution in [-0.2, 0) is 21.2 Å². The quantitative estimate of drug-likeness (QED) is 0.671. The predicted octanol–water partition coefficient (Wildman–Crippen LogP) is 3.16. The summed E-state index contributed by atoms with van der Waals surface area (Å²) in [6.45, 7) is 7.96. The van der Waals surface area contributed by atoms with Gasteiger partial charge in [0.25, 0.3) is 0 Å². The van der Waals surface area contributed by atoms with Crippen molar-refractivity contribution in [1.82, 2.24) is 9.62 Å². The molecule has 2 unspecified atom stereocenters. The number of anilines is 1. The molecule has 4 rings (SSSR count). The minimum absolute atomic E-state index is 0.0888. The molecule has 6 nitrogen and oxygen atoms in total. The third kappa shape index (κ3) is 4.58. The number of fused-ring (bicyclic) bond motifs is 1. The van der Waals surface area contributed by atoms with Crippen LogP contribution in [0.1, 0.15) is 57.9 Å². The number of nitrogens with zero attached hydrogens (tertiary/aromatic N) is 2. The molecule has 2 atom stereocenters. The molecular formula is C23H35N3O3S. The Morgan fingerprint density at radius 2 is 1.97 bits per heavy atom. The molecule has 1 N–H and O–H groups in total. The Bertz CT molecular complexity index is 882. The van der Waals surface area contributed by atoms with E-state index in [2.05, 4.69) is 16.5 Å². The van der Waals surface area contributed by atoms with Crippen molar-refractivity contribution in [3.63, 3.8) is 0 Å². The maximum absolute atomic E-state index is 12.8. The van der Waals surface area contributed by atoms with Gasteiger partial charge in [-0.3, -0.25) is 4.79 Å². The molecule has 0 bridgehead atoms. The number of carbonyl (C=O) groups excluding carboxylic acids is 1. The summed E-state index contributed by atoms with van der Waals surface area (Å²) in [5.74, 6) is 1.08. The fraction of sp³-hybridized carbons (Fsp3) is 0.696. The molecule has 2 aliphatic heterocycles. The van der Waals surface area contributed by atoms with Crippen LogP contribution in [0.2, 0.25) is 0 Å². The first-order valence-corrected chi connectivity index (χ1v) is 13.0. The van der Waals surface area contributed by atoms with Crippen molar-refractivity contribution >= 4 is 21.6 Å². The number of sulfonamides is 1. The van der Waals surface area contributed by atoms with Crippen LogP contribution in [0.25, 0.3) is 0 Å². The van der Waals surface area contributed by atoms with Gasteiger partial charge >= 0.3 is 0 Å². The molecule has 0 radical (unpaired) electrons. The number of rotatable bonds is 7. The van der Waals surface area contributed by atoms with E-state index < -0.39 is 10.0 Å². The fourth-order valence-corrected chi connectivity index (χ4v) is 6.17. The maximum atomic E-state index is 12.8. The summed E-state index contributed by atoms with van der Waals surface area (Å²) in [5, 5.41) is 0. The molecule has 1 aliphatic carbocycles. The second-order valence-electron chi connectivity index (χ2n) is 9.48. The Kier molecular flexibility index (Phi) is 6.51. The van der Waals surface area contributed by atoms with Gasteiger partial charge in [-0.25, -0.2) is 13.1 Å². The molecule has 1 saturated heterocycles. The predicted molar refractivity (Wildman–Crippen MR) is 119 cm³/mol. The summed E-state index contributed by atoms with van der Waals surface area (Å²) < 4.78 is 28.3. The van der Waals surface area contributed by atoms with Crippen molar-refractivity contribution in [3.8, 4) is 0 Å². The van der Waals surface area contributed by atoms with Crippen molar-refractivity contribution in [2.24, 2.45) is 11.8 Å². The lowest BCUT2D eigenvalue weighted by Gasteiger charge is -2.32. The van der Waals surface area contributed by atoms with Gasteiger partial charge in [0.1, 0.15) is 0 Å². The Morgan fingerprint density at radius 1 is 1.17 bits per heavy atom. The molecule has 0 spiro atoms. The normalized spacial score (nSPS) is 25.2. The van der Waals surface area contributed by atoms with Gasteiger partial charge in [-0.15, -0.1) is 0 Å². The number of hydrogen-bond acceptors (Lipinski definition) is 4. The standard InChI is InChI=1S/C23H35N3O3S/c1-17-6-4-12-25(16-17)13-5-11-24-30(28,29)21-9-10-22-20(15-21)14-18(2)26(22)23(27)19-7-3-8-19/h9-10,15,17-19,24H,3-8,11-14,16H2,1-2H3. The SMILES string of the molecule is CC1CCCN(CCCNS(=O)(=O)c2ccc3c(c2)CC(C)N3C(=O)C2CCC2)C1. The molecular weight excluding hydrogens is 398 g/mol. The third-order valence-corrected chi connectivity index (χ3v) is 8.41. The first kappa shape index (κ1) is 21.8. The van der Waals surface area contributed by atoms with Crippen LogP contribution in [-0.4, -0.2) is 51.4 Å². The maximum Gasteiger partial charge on any atom is 0.240 e. The van der Waals surface area contributed by atoms with Crippen molar-refractivity contribution in [3.05, 3.63) is 23.8 Å². The van der Waals surface area contributed by atoms with Gasteiger partial charge in [-0.05, 0) is 88.2 Å². The highest BCUT2D eigenvalue weighted by Crippen LogP contribution is 2.38. The average molecular weight is 434 g/mol. The minimum atomic E-state index is -3.53. The highest BCUT2D eigenvalue weighted by Gasteiger charge is 2.37. The number of benzene rings is 1. The highest BCUT2D eigenvalue weighted by molar-refractivity contribution is 7.89. The van der Waals surface area contributed by atoms with Crippen LogP contribution in [0.4, 0.5) is 5.69 Å². The largest absolute Gasteiger partial charge is 0.309 e. The molecule has 1 aromatic carbocycles. The highest BCUT2D eigenvalue weighted by atomic mass is 32.2.